The molecule has 23 heavy (non-hydrogen) atoms. The third-order valence-electron chi connectivity index (χ3n) is 3.06. The van der Waals surface area contributed by atoms with Crippen molar-refractivity contribution >= 4 is 17.6 Å². The second kappa shape index (κ2) is 8.11. The molecule has 9 heteroatoms. The van der Waals surface area contributed by atoms with Gasteiger partial charge in [0.05, 0.1) is 5.70 Å². The van der Waals surface area contributed by atoms with Crippen LogP contribution in [0.25, 0.3) is 5.70 Å². The molecule has 0 saturated carbocycles. The lowest BCUT2D eigenvalue weighted by Gasteiger charge is -2.20. The van der Waals surface area contributed by atoms with Crippen LogP contribution >= 0.6 is 0 Å². The number of carboxylic acid groups (broad SMARTS) is 1. The number of nitrogens with one attached hydrogen (secondary N) is 1. The summed E-state index contributed by atoms with van der Waals surface area (Å²) < 4.78 is 13.8. The number of hydrogen-bond donors (Lipinski definition) is 5. The van der Waals surface area contributed by atoms with Crippen molar-refractivity contribution in [3.8, 4) is 0 Å². The van der Waals surface area contributed by atoms with Crippen molar-refractivity contribution in [1.82, 2.24) is 10.3 Å². The highest BCUT2D eigenvalue weighted by Crippen LogP contribution is 2.19. The molecule has 0 heterocycles. The molecular weight excluding hydrogens is 305 g/mol. The molecule has 0 aliphatic carbocycles. The number of carbonyl (C=O) groups excluding carboxylic acids is 1. The van der Waals surface area contributed by atoms with E-state index in [0.717, 1.165) is 6.07 Å². The first kappa shape index (κ1) is 18.4. The van der Waals surface area contributed by atoms with Gasteiger partial charge in [-0.05, 0) is 25.1 Å². The van der Waals surface area contributed by atoms with Gasteiger partial charge in [-0.1, -0.05) is 0 Å². The quantitative estimate of drug-likeness (QED) is 0.333. The Hall–Kier alpha value is -2.65. The van der Waals surface area contributed by atoms with Crippen LogP contribution in [-0.4, -0.2) is 41.1 Å². The second-order valence-corrected chi connectivity index (χ2v) is 4.72. The normalized spacial score (nSPS) is 12.6. The molecule has 1 aromatic carbocycles. The predicted molar refractivity (Wildman–Crippen MR) is 83.1 cm³/mol. The highest BCUT2D eigenvalue weighted by atomic mass is 19.1. The van der Waals surface area contributed by atoms with Crippen LogP contribution in [0.15, 0.2) is 24.4 Å². The SMILES string of the molecule is CCN(N)/C(=C\N)c1cc(F)cc(C(=O)NCC(N)C(=O)O)c1. The van der Waals surface area contributed by atoms with Crippen LogP contribution in [-0.2, 0) is 4.79 Å². The van der Waals surface area contributed by atoms with Crippen LogP contribution in [0.5, 0.6) is 0 Å². The average molecular weight is 325 g/mol. The smallest absolute Gasteiger partial charge is 0.322 e. The van der Waals surface area contributed by atoms with Crippen LogP contribution in [0, 0.1) is 5.82 Å². The van der Waals surface area contributed by atoms with Crippen LogP contribution in [0.3, 0.4) is 0 Å². The Kier molecular flexibility index (Phi) is 6.49. The fourth-order valence-corrected chi connectivity index (χ4v) is 1.79. The summed E-state index contributed by atoms with van der Waals surface area (Å²) in [4.78, 5) is 22.6. The van der Waals surface area contributed by atoms with Crippen LogP contribution in [0.2, 0.25) is 0 Å². The molecule has 0 fully saturated rings. The Bertz CT molecular complexity index is 620. The van der Waals surface area contributed by atoms with Crippen LogP contribution in [0.4, 0.5) is 4.39 Å². The largest absolute Gasteiger partial charge is 0.480 e. The fourth-order valence-electron chi connectivity index (χ4n) is 1.79. The van der Waals surface area contributed by atoms with Crippen molar-refractivity contribution < 1.29 is 19.1 Å². The minimum Gasteiger partial charge on any atom is -0.480 e. The van der Waals surface area contributed by atoms with Crippen molar-refractivity contribution in [3.05, 3.63) is 41.3 Å². The van der Waals surface area contributed by atoms with Crippen LogP contribution in [0.1, 0.15) is 22.8 Å². The Morgan fingerprint density at radius 3 is 2.52 bits per heavy atom. The number of nitrogens with two attached hydrogens (primary N) is 3. The Labute approximate surface area is 132 Å². The zero-order valence-electron chi connectivity index (χ0n) is 12.6. The van der Waals surface area contributed by atoms with Crippen molar-refractivity contribution in [2.24, 2.45) is 17.3 Å². The summed E-state index contributed by atoms with van der Waals surface area (Å²) in [5.41, 5.74) is 11.5. The van der Waals surface area contributed by atoms with E-state index in [0.29, 0.717) is 17.8 Å². The number of halogens is 1. The van der Waals surface area contributed by atoms with Gasteiger partial charge in [0.2, 0.25) is 0 Å². The maximum Gasteiger partial charge on any atom is 0.322 e. The van der Waals surface area contributed by atoms with E-state index >= 15 is 0 Å². The first-order valence-electron chi connectivity index (χ1n) is 6.81. The average Bonchev–Trinajstić information content (AvgIpc) is 2.51. The molecule has 1 amide bonds. The van der Waals surface area contributed by atoms with Crippen molar-refractivity contribution in [3.63, 3.8) is 0 Å². The molecule has 0 radical (unpaired) electrons. The van der Waals surface area contributed by atoms with Gasteiger partial charge < -0.3 is 26.9 Å². The Morgan fingerprint density at radius 1 is 1.39 bits per heavy atom. The number of hydrogen-bond acceptors (Lipinski definition) is 6. The summed E-state index contributed by atoms with van der Waals surface area (Å²) in [7, 11) is 0. The van der Waals surface area contributed by atoms with E-state index in [1.807, 2.05) is 0 Å². The van der Waals surface area contributed by atoms with E-state index in [2.05, 4.69) is 5.32 Å². The monoisotopic (exact) mass is 325 g/mol. The summed E-state index contributed by atoms with van der Waals surface area (Å²) in [5, 5.41) is 12.3. The minimum atomic E-state index is -1.25. The minimum absolute atomic E-state index is 0.00134. The molecule has 1 rings (SSSR count). The van der Waals surface area contributed by atoms with Crippen molar-refractivity contribution in [1.29, 1.82) is 0 Å². The second-order valence-electron chi connectivity index (χ2n) is 4.72. The molecule has 1 aromatic rings. The lowest BCUT2D eigenvalue weighted by atomic mass is 10.1. The van der Waals surface area contributed by atoms with E-state index in [-0.39, 0.29) is 12.1 Å². The van der Waals surface area contributed by atoms with Crippen LogP contribution < -0.4 is 22.6 Å². The van der Waals surface area contributed by atoms with Gasteiger partial charge in [-0.2, -0.15) is 0 Å². The topological polar surface area (TPSA) is 148 Å². The molecule has 8 N–H and O–H groups in total. The van der Waals surface area contributed by atoms with Gasteiger partial charge in [-0.3, -0.25) is 9.59 Å². The molecule has 0 bridgehead atoms. The fraction of sp³-hybridized carbons (Fsp3) is 0.286. The number of hydrazine groups is 1. The lowest BCUT2D eigenvalue weighted by Crippen LogP contribution is -2.42. The lowest BCUT2D eigenvalue weighted by molar-refractivity contribution is -0.138. The number of amides is 1. The van der Waals surface area contributed by atoms with E-state index in [1.54, 1.807) is 6.92 Å². The zero-order chi connectivity index (χ0) is 17.6. The van der Waals surface area contributed by atoms with Gasteiger partial charge in [0.25, 0.3) is 5.91 Å². The van der Waals surface area contributed by atoms with E-state index in [4.69, 9.17) is 22.4 Å². The zero-order valence-corrected chi connectivity index (χ0v) is 12.6. The molecular formula is C14H20FN5O3. The highest BCUT2D eigenvalue weighted by molar-refractivity contribution is 5.95. The van der Waals surface area contributed by atoms with E-state index in [9.17, 15) is 14.0 Å². The summed E-state index contributed by atoms with van der Waals surface area (Å²) >= 11 is 0. The molecule has 1 atom stereocenters. The number of aliphatic carboxylic acids is 1. The van der Waals surface area contributed by atoms with Gasteiger partial charge in [0.15, 0.2) is 0 Å². The molecule has 8 nitrogen and oxygen atoms in total. The number of nitrogens with zero attached hydrogens (tertiary/aromatic N) is 1. The molecule has 1 unspecified atom stereocenters. The maximum atomic E-state index is 13.8. The molecule has 126 valence electrons. The molecule has 0 spiro atoms. The first-order chi connectivity index (χ1) is 10.8. The van der Waals surface area contributed by atoms with Gasteiger partial charge in [-0.25, -0.2) is 10.2 Å². The highest BCUT2D eigenvalue weighted by Gasteiger charge is 2.16. The maximum absolute atomic E-state index is 13.8. The van der Waals surface area contributed by atoms with Gasteiger partial charge in [-0.15, -0.1) is 0 Å². The number of rotatable bonds is 7. The number of carbonyl (C=O) groups is 2. The van der Waals surface area contributed by atoms with Gasteiger partial charge >= 0.3 is 5.97 Å². The summed E-state index contributed by atoms with van der Waals surface area (Å²) in [6.45, 7) is 1.93. The first-order valence-corrected chi connectivity index (χ1v) is 6.81. The summed E-state index contributed by atoms with van der Waals surface area (Å²) in [5.74, 6) is 3.19. The van der Waals surface area contributed by atoms with E-state index < -0.39 is 23.7 Å². The Morgan fingerprint density at radius 2 is 2.00 bits per heavy atom. The molecule has 0 aliphatic heterocycles. The van der Waals surface area contributed by atoms with Crippen molar-refractivity contribution in [2.75, 3.05) is 13.1 Å². The third-order valence-corrected chi connectivity index (χ3v) is 3.06. The van der Waals surface area contributed by atoms with E-state index in [1.165, 1.54) is 23.3 Å². The molecule has 0 aliphatic rings. The molecule has 0 aromatic heterocycles. The summed E-state index contributed by atoms with van der Waals surface area (Å²) in [6.07, 6.45) is 1.21. The standard InChI is InChI=1S/C14H20FN5O3/c1-2-20(18)12(6-16)8-3-9(5-10(15)4-8)13(21)19-7-11(17)14(22)23/h3-6,11H,2,7,16-18H2,1H3,(H,19,21)(H,22,23)/b12-6-. The summed E-state index contributed by atoms with van der Waals surface area (Å²) in [6, 6.07) is 2.37. The number of carboxylic acids is 1. The number of benzene rings is 1. The van der Waals surface area contributed by atoms with Gasteiger partial charge in [0, 0.05) is 30.4 Å². The predicted octanol–water partition coefficient (Wildman–Crippen LogP) is -0.580. The van der Waals surface area contributed by atoms with Crippen molar-refractivity contribution in [2.45, 2.75) is 13.0 Å². The Balaban J connectivity index is 3.01. The third kappa shape index (κ3) is 4.94. The van der Waals surface area contributed by atoms with Gasteiger partial charge in [0.1, 0.15) is 11.9 Å². The molecule has 0 saturated heterocycles.